The van der Waals surface area contributed by atoms with Crippen LogP contribution >= 0.6 is 0 Å². The van der Waals surface area contributed by atoms with Crippen molar-refractivity contribution >= 4 is 11.4 Å². The first-order valence-corrected chi connectivity index (χ1v) is 11.7. The molecule has 0 spiro atoms. The zero-order valence-corrected chi connectivity index (χ0v) is 19.5. The molecule has 3 aromatic rings. The molecule has 1 saturated carbocycles. The van der Waals surface area contributed by atoms with Gasteiger partial charge in [0.1, 0.15) is 18.5 Å². The van der Waals surface area contributed by atoms with Gasteiger partial charge in [-0.2, -0.15) is 0 Å². The van der Waals surface area contributed by atoms with Crippen LogP contribution in [-0.4, -0.2) is 47.7 Å². The van der Waals surface area contributed by atoms with E-state index in [9.17, 15) is 5.11 Å². The minimum atomic E-state index is -0.903. The van der Waals surface area contributed by atoms with Crippen LogP contribution in [0.4, 0.5) is 11.4 Å². The number of aromatic nitrogens is 1. The molecule has 0 radical (unpaired) electrons. The Balaban J connectivity index is 1.62. The molecule has 1 aliphatic rings. The smallest absolute Gasteiger partial charge is 0.163 e. The third-order valence-electron chi connectivity index (χ3n) is 5.92. The standard InChI is InChI=1S/C27H32N2O5/c1-32-26-13-10-22(15-27(26)34-25-6-2-3-7-25)29(17-20-5-4-14-28-16-20)21-8-11-24(12-9-21)33-19-23(31)18-30/h4-5,8-16,23,25,30-31H,2-3,6-7,17-19H2,1H3/t23-/m1/s1. The van der Waals surface area contributed by atoms with E-state index in [0.717, 1.165) is 41.3 Å². The Morgan fingerprint density at radius 1 is 1.03 bits per heavy atom. The lowest BCUT2D eigenvalue weighted by Gasteiger charge is -2.27. The predicted molar refractivity (Wildman–Crippen MR) is 131 cm³/mol. The molecule has 0 amide bonds. The number of ether oxygens (including phenoxy) is 3. The van der Waals surface area contributed by atoms with Crippen LogP contribution in [0, 0.1) is 0 Å². The van der Waals surface area contributed by atoms with Crippen LogP contribution in [0.3, 0.4) is 0 Å². The van der Waals surface area contributed by atoms with Gasteiger partial charge in [0.05, 0.1) is 19.8 Å². The molecule has 0 unspecified atom stereocenters. The van der Waals surface area contributed by atoms with Crippen molar-refractivity contribution in [2.24, 2.45) is 0 Å². The molecular formula is C27H32N2O5. The number of pyridine rings is 1. The number of methoxy groups -OCH3 is 1. The summed E-state index contributed by atoms with van der Waals surface area (Å²) in [6.07, 6.45) is 7.48. The molecule has 180 valence electrons. The van der Waals surface area contributed by atoms with Crippen LogP contribution < -0.4 is 19.1 Å². The molecular weight excluding hydrogens is 432 g/mol. The summed E-state index contributed by atoms with van der Waals surface area (Å²) in [6, 6.07) is 17.6. The van der Waals surface area contributed by atoms with Crippen molar-refractivity contribution in [1.29, 1.82) is 0 Å². The molecule has 1 fully saturated rings. The van der Waals surface area contributed by atoms with E-state index in [1.165, 1.54) is 12.8 Å². The van der Waals surface area contributed by atoms with E-state index in [-0.39, 0.29) is 19.3 Å². The summed E-state index contributed by atoms with van der Waals surface area (Å²) >= 11 is 0. The third kappa shape index (κ3) is 6.18. The minimum absolute atomic E-state index is 0.0373. The van der Waals surface area contributed by atoms with Gasteiger partial charge in [-0.25, -0.2) is 0 Å². The Morgan fingerprint density at radius 2 is 1.79 bits per heavy atom. The number of anilines is 2. The van der Waals surface area contributed by atoms with Gasteiger partial charge in [0, 0.05) is 36.4 Å². The van der Waals surface area contributed by atoms with Crippen molar-refractivity contribution in [3.05, 3.63) is 72.6 Å². The SMILES string of the molecule is COc1ccc(N(Cc2cccnc2)c2ccc(OC[C@H](O)CO)cc2)cc1OC1CCCC1. The molecule has 4 rings (SSSR count). The van der Waals surface area contributed by atoms with Gasteiger partial charge in [-0.3, -0.25) is 4.98 Å². The Bertz CT molecular complexity index is 1020. The summed E-state index contributed by atoms with van der Waals surface area (Å²) < 4.78 is 17.5. The average Bonchev–Trinajstić information content (AvgIpc) is 3.40. The number of hydrogen-bond donors (Lipinski definition) is 2. The average molecular weight is 465 g/mol. The first-order valence-electron chi connectivity index (χ1n) is 11.7. The zero-order valence-electron chi connectivity index (χ0n) is 19.5. The van der Waals surface area contributed by atoms with Crippen LogP contribution in [-0.2, 0) is 6.54 Å². The highest BCUT2D eigenvalue weighted by Crippen LogP contribution is 2.38. The van der Waals surface area contributed by atoms with Gasteiger partial charge in [-0.15, -0.1) is 0 Å². The van der Waals surface area contributed by atoms with Gasteiger partial charge < -0.3 is 29.3 Å². The van der Waals surface area contributed by atoms with Gasteiger partial charge in [0.25, 0.3) is 0 Å². The summed E-state index contributed by atoms with van der Waals surface area (Å²) in [6.45, 7) is 0.321. The van der Waals surface area contributed by atoms with Gasteiger partial charge in [0.15, 0.2) is 11.5 Å². The molecule has 2 aromatic carbocycles. The number of benzene rings is 2. The number of aliphatic hydroxyl groups excluding tert-OH is 2. The van der Waals surface area contributed by atoms with E-state index >= 15 is 0 Å². The second-order valence-electron chi connectivity index (χ2n) is 8.45. The third-order valence-corrected chi connectivity index (χ3v) is 5.92. The van der Waals surface area contributed by atoms with Gasteiger partial charge >= 0.3 is 0 Å². The number of rotatable bonds is 11. The van der Waals surface area contributed by atoms with E-state index in [0.29, 0.717) is 12.3 Å². The van der Waals surface area contributed by atoms with E-state index in [4.69, 9.17) is 19.3 Å². The molecule has 2 N–H and O–H groups in total. The number of hydrogen-bond acceptors (Lipinski definition) is 7. The second-order valence-corrected chi connectivity index (χ2v) is 8.45. The fourth-order valence-electron chi connectivity index (χ4n) is 4.08. The van der Waals surface area contributed by atoms with Crippen LogP contribution in [0.25, 0.3) is 0 Å². The highest BCUT2D eigenvalue weighted by molar-refractivity contribution is 5.67. The topological polar surface area (TPSA) is 84.3 Å². The summed E-state index contributed by atoms with van der Waals surface area (Å²) in [5.74, 6) is 2.10. The summed E-state index contributed by atoms with van der Waals surface area (Å²) in [5, 5.41) is 18.5. The van der Waals surface area contributed by atoms with Crippen molar-refractivity contribution in [3.63, 3.8) is 0 Å². The normalized spacial score (nSPS) is 14.6. The highest BCUT2D eigenvalue weighted by atomic mass is 16.5. The highest BCUT2D eigenvalue weighted by Gasteiger charge is 2.20. The van der Waals surface area contributed by atoms with Crippen LogP contribution in [0.2, 0.25) is 0 Å². The first-order chi connectivity index (χ1) is 16.7. The minimum Gasteiger partial charge on any atom is -0.493 e. The van der Waals surface area contributed by atoms with E-state index in [2.05, 4.69) is 9.88 Å². The van der Waals surface area contributed by atoms with E-state index in [1.807, 2.05) is 60.8 Å². The Morgan fingerprint density at radius 3 is 2.47 bits per heavy atom. The molecule has 7 heteroatoms. The molecule has 0 aliphatic heterocycles. The maximum atomic E-state index is 9.53. The lowest BCUT2D eigenvalue weighted by Crippen LogP contribution is -2.21. The maximum absolute atomic E-state index is 9.53. The maximum Gasteiger partial charge on any atom is 0.163 e. The number of nitrogens with zero attached hydrogens (tertiary/aromatic N) is 2. The molecule has 1 aliphatic carbocycles. The van der Waals surface area contributed by atoms with Gasteiger partial charge in [-0.05, 0) is 73.7 Å². The lowest BCUT2D eigenvalue weighted by atomic mass is 10.1. The molecule has 0 saturated heterocycles. The molecule has 1 atom stereocenters. The van der Waals surface area contributed by atoms with Crippen LogP contribution in [0.1, 0.15) is 31.2 Å². The van der Waals surface area contributed by atoms with E-state index in [1.54, 1.807) is 13.3 Å². The molecule has 1 heterocycles. The summed E-state index contributed by atoms with van der Waals surface area (Å²) in [7, 11) is 1.66. The lowest BCUT2D eigenvalue weighted by molar-refractivity contribution is 0.0536. The Kier molecular flexibility index (Phi) is 8.22. The monoisotopic (exact) mass is 464 g/mol. The molecule has 34 heavy (non-hydrogen) atoms. The van der Waals surface area contributed by atoms with Crippen molar-refractivity contribution in [2.75, 3.05) is 25.2 Å². The van der Waals surface area contributed by atoms with Crippen LogP contribution in [0.5, 0.6) is 17.2 Å². The van der Waals surface area contributed by atoms with Crippen molar-refractivity contribution < 1.29 is 24.4 Å². The second kappa shape index (κ2) is 11.7. The van der Waals surface area contributed by atoms with Gasteiger partial charge in [-0.1, -0.05) is 6.07 Å². The number of aliphatic hydroxyl groups is 2. The Labute approximate surface area is 200 Å². The van der Waals surface area contributed by atoms with Crippen LogP contribution in [0.15, 0.2) is 67.0 Å². The fourth-order valence-corrected chi connectivity index (χ4v) is 4.08. The molecule has 7 nitrogen and oxygen atoms in total. The van der Waals surface area contributed by atoms with Gasteiger partial charge in [0.2, 0.25) is 0 Å². The predicted octanol–water partition coefficient (Wildman–Crippen LogP) is 4.48. The van der Waals surface area contributed by atoms with Crippen molar-refractivity contribution in [3.8, 4) is 17.2 Å². The first kappa shape index (κ1) is 23.9. The molecule has 1 aromatic heterocycles. The summed E-state index contributed by atoms with van der Waals surface area (Å²) in [4.78, 5) is 6.45. The van der Waals surface area contributed by atoms with Crippen molar-refractivity contribution in [1.82, 2.24) is 4.98 Å². The largest absolute Gasteiger partial charge is 0.493 e. The molecule has 0 bridgehead atoms. The van der Waals surface area contributed by atoms with E-state index < -0.39 is 6.10 Å². The fraction of sp³-hybridized carbons (Fsp3) is 0.370. The quantitative estimate of drug-likeness (QED) is 0.433. The zero-order chi connectivity index (χ0) is 23.8. The summed E-state index contributed by atoms with van der Waals surface area (Å²) in [5.41, 5.74) is 3.01. The van der Waals surface area contributed by atoms with Crippen molar-refractivity contribution in [2.45, 2.75) is 44.4 Å². The Hall–Kier alpha value is -3.29.